The van der Waals surface area contributed by atoms with Gasteiger partial charge >= 0.3 is 6.01 Å². The number of amidine groups is 1. The van der Waals surface area contributed by atoms with Gasteiger partial charge in [-0.2, -0.15) is 4.98 Å². The maximum atomic E-state index is 8.28. The van der Waals surface area contributed by atoms with Crippen LogP contribution in [0.25, 0.3) is 0 Å². The smallest absolute Gasteiger partial charge is 0.324 e. The second-order valence-electron chi connectivity index (χ2n) is 8.00. The Hall–Kier alpha value is -2.21. The van der Waals surface area contributed by atoms with E-state index in [9.17, 15) is 0 Å². The summed E-state index contributed by atoms with van der Waals surface area (Å²) in [6.45, 7) is 7.90. The molecule has 2 atom stereocenters. The normalized spacial score (nSPS) is 20.9. The molecule has 0 radical (unpaired) electrons. The Morgan fingerprint density at radius 3 is 2.74 bits per heavy atom. The van der Waals surface area contributed by atoms with Crippen molar-refractivity contribution in [3.63, 3.8) is 0 Å². The van der Waals surface area contributed by atoms with Gasteiger partial charge in [0.1, 0.15) is 6.10 Å². The lowest BCUT2D eigenvalue weighted by Crippen LogP contribution is -2.38. The highest BCUT2D eigenvalue weighted by Crippen LogP contribution is 2.28. The van der Waals surface area contributed by atoms with Crippen LogP contribution in [0.5, 0.6) is 5.19 Å². The molecule has 0 bridgehead atoms. The van der Waals surface area contributed by atoms with E-state index in [1.54, 1.807) is 4.68 Å². The largest absolute Gasteiger partial charge is 0.466 e. The summed E-state index contributed by atoms with van der Waals surface area (Å²) in [4.78, 5) is 15.8. The molecule has 1 fully saturated rings. The molecule has 1 N–H and O–H groups in total. The van der Waals surface area contributed by atoms with E-state index in [0.717, 1.165) is 31.8 Å². The van der Waals surface area contributed by atoms with Gasteiger partial charge in [0.2, 0.25) is 4.80 Å². The molecule has 0 saturated carbocycles. The number of hydrogen-bond acceptors (Lipinski definition) is 11. The van der Waals surface area contributed by atoms with E-state index in [2.05, 4.69) is 50.9 Å². The van der Waals surface area contributed by atoms with Crippen molar-refractivity contribution in [3.05, 3.63) is 10.6 Å². The molecular weight excluding hydrogens is 436 g/mol. The van der Waals surface area contributed by atoms with Crippen LogP contribution in [0, 0.1) is 11.3 Å². The van der Waals surface area contributed by atoms with E-state index >= 15 is 0 Å². The zero-order chi connectivity index (χ0) is 22.0. The number of nitrogens with zero attached hydrogens (tertiary/aromatic N) is 7. The molecule has 2 unspecified atom stereocenters. The molecule has 2 aromatic rings. The van der Waals surface area contributed by atoms with Gasteiger partial charge in [-0.3, -0.25) is 5.41 Å². The summed E-state index contributed by atoms with van der Waals surface area (Å²) in [5.74, 6) is 1.40. The van der Waals surface area contributed by atoms with Gasteiger partial charge in [0.05, 0.1) is 0 Å². The Balaban J connectivity index is 1.34. The van der Waals surface area contributed by atoms with Crippen LogP contribution in [0.1, 0.15) is 57.9 Å². The van der Waals surface area contributed by atoms with Crippen LogP contribution in [-0.4, -0.2) is 56.8 Å². The second kappa shape index (κ2) is 9.51. The van der Waals surface area contributed by atoms with Gasteiger partial charge in [0.25, 0.3) is 5.19 Å². The standard InChI is InChI=1S/C19H28N8O2S2/c1-11(2)15-23-18(29-25-15)26-9-6-13(7-10-26)12(3)28-19-24-27(16(20)31-19)14-5-8-21-17(22-14)30-4/h8,11-14,20H,5-7,9-10H2,1-4H3. The van der Waals surface area contributed by atoms with E-state index in [4.69, 9.17) is 14.7 Å². The Labute approximate surface area is 189 Å². The van der Waals surface area contributed by atoms with Crippen LogP contribution in [0.4, 0.5) is 6.01 Å². The molecule has 4 rings (SSSR count). The summed E-state index contributed by atoms with van der Waals surface area (Å²) in [6, 6.07) is 0.608. The number of aromatic nitrogens is 4. The Morgan fingerprint density at radius 2 is 2.06 bits per heavy atom. The van der Waals surface area contributed by atoms with Crippen LogP contribution in [0.2, 0.25) is 0 Å². The van der Waals surface area contributed by atoms with E-state index in [0.29, 0.717) is 33.5 Å². The minimum absolute atomic E-state index is 0.00763. The first-order chi connectivity index (χ1) is 14.9. The number of hydrogen-bond donors (Lipinski definition) is 1. The first-order valence-corrected chi connectivity index (χ1v) is 12.5. The maximum Gasteiger partial charge on any atom is 0.324 e. The van der Waals surface area contributed by atoms with E-state index < -0.39 is 0 Å². The third-order valence-corrected chi connectivity index (χ3v) is 6.84. The monoisotopic (exact) mass is 464 g/mol. The number of anilines is 1. The van der Waals surface area contributed by atoms with Crippen molar-refractivity contribution in [2.24, 2.45) is 15.9 Å². The van der Waals surface area contributed by atoms with Crippen molar-refractivity contribution in [1.29, 1.82) is 5.41 Å². The third kappa shape index (κ3) is 5.00. The number of aliphatic imine (C=N–C) groups is 2. The van der Waals surface area contributed by atoms with Crippen LogP contribution in [0.15, 0.2) is 14.5 Å². The van der Waals surface area contributed by atoms with Crippen LogP contribution < -0.4 is 14.4 Å². The molecule has 2 aliphatic heterocycles. The van der Waals surface area contributed by atoms with Gasteiger partial charge in [-0.05, 0) is 43.3 Å². The zero-order valence-corrected chi connectivity index (χ0v) is 19.8. The first-order valence-electron chi connectivity index (χ1n) is 10.5. The molecule has 168 valence electrons. The summed E-state index contributed by atoms with van der Waals surface area (Å²) < 4.78 is 13.2. The van der Waals surface area contributed by atoms with Gasteiger partial charge in [-0.1, -0.05) is 30.8 Å². The molecule has 2 aromatic heterocycles. The molecule has 12 heteroatoms. The van der Waals surface area contributed by atoms with Crippen molar-refractivity contribution in [2.45, 2.75) is 58.2 Å². The van der Waals surface area contributed by atoms with Crippen LogP contribution in [-0.2, 0) is 0 Å². The molecule has 31 heavy (non-hydrogen) atoms. The second-order valence-corrected chi connectivity index (χ2v) is 9.71. The van der Waals surface area contributed by atoms with Crippen molar-refractivity contribution >= 4 is 40.5 Å². The Kier molecular flexibility index (Phi) is 6.75. The average Bonchev–Trinajstić information content (AvgIpc) is 3.41. The maximum absolute atomic E-state index is 8.28. The summed E-state index contributed by atoms with van der Waals surface area (Å²) in [7, 11) is 0. The predicted octanol–water partition coefficient (Wildman–Crippen LogP) is 3.31. The lowest BCUT2D eigenvalue weighted by Gasteiger charge is -2.33. The van der Waals surface area contributed by atoms with Crippen molar-refractivity contribution in [1.82, 2.24) is 19.9 Å². The van der Waals surface area contributed by atoms with Gasteiger partial charge in [0.15, 0.2) is 17.2 Å². The molecule has 0 amide bonds. The fraction of sp³-hybridized carbons (Fsp3) is 0.684. The molecule has 0 spiro atoms. The minimum Gasteiger partial charge on any atom is -0.466 e. The molecule has 2 aliphatic rings. The van der Waals surface area contributed by atoms with Gasteiger partial charge < -0.3 is 14.2 Å². The number of thioether (sulfide) groups is 1. The third-order valence-electron chi connectivity index (χ3n) is 5.53. The van der Waals surface area contributed by atoms with Crippen molar-refractivity contribution < 1.29 is 9.26 Å². The SMILES string of the molecule is CSC1=NC(n2nc(OC(C)C3CCN(c4nc(C(C)C)no4)CC3)sc2=N)CC=N1. The van der Waals surface area contributed by atoms with Crippen molar-refractivity contribution in [2.75, 3.05) is 24.2 Å². The van der Waals surface area contributed by atoms with Crippen LogP contribution in [0.3, 0.4) is 0 Å². The number of piperidine rings is 1. The summed E-state index contributed by atoms with van der Waals surface area (Å²) in [5.41, 5.74) is 0. The quantitative estimate of drug-likeness (QED) is 0.697. The van der Waals surface area contributed by atoms with E-state index in [1.807, 2.05) is 12.5 Å². The molecule has 0 aromatic carbocycles. The highest BCUT2D eigenvalue weighted by atomic mass is 32.2. The van der Waals surface area contributed by atoms with E-state index in [1.165, 1.54) is 23.1 Å². The first kappa shape index (κ1) is 22.0. The molecule has 4 heterocycles. The fourth-order valence-electron chi connectivity index (χ4n) is 3.64. The van der Waals surface area contributed by atoms with Crippen LogP contribution >= 0.6 is 23.1 Å². The van der Waals surface area contributed by atoms with Crippen molar-refractivity contribution in [3.8, 4) is 5.19 Å². The topological polar surface area (TPSA) is 118 Å². The van der Waals surface area contributed by atoms with Gasteiger partial charge in [-0.15, -0.1) is 5.10 Å². The molecular formula is C19H28N8O2S2. The minimum atomic E-state index is -0.232. The summed E-state index contributed by atoms with van der Waals surface area (Å²) in [5, 5.41) is 18.1. The molecule has 10 nitrogen and oxygen atoms in total. The molecule has 1 saturated heterocycles. The van der Waals surface area contributed by atoms with Gasteiger partial charge in [0, 0.05) is 31.6 Å². The summed E-state index contributed by atoms with van der Waals surface area (Å²) in [6.07, 6.45) is 6.12. The lowest BCUT2D eigenvalue weighted by atomic mass is 9.92. The Morgan fingerprint density at radius 1 is 1.29 bits per heavy atom. The average molecular weight is 465 g/mol. The summed E-state index contributed by atoms with van der Waals surface area (Å²) >= 11 is 2.73. The zero-order valence-electron chi connectivity index (χ0n) is 18.2. The molecule has 0 aliphatic carbocycles. The number of ether oxygens (including phenoxy) is 1. The fourth-order valence-corrected chi connectivity index (χ4v) is 4.79. The highest BCUT2D eigenvalue weighted by molar-refractivity contribution is 8.13. The highest BCUT2D eigenvalue weighted by Gasteiger charge is 2.29. The lowest BCUT2D eigenvalue weighted by molar-refractivity contribution is 0.129. The van der Waals surface area contributed by atoms with Gasteiger partial charge in [-0.25, -0.2) is 14.7 Å². The Bertz CT molecular complexity index is 1000. The van der Waals surface area contributed by atoms with E-state index in [-0.39, 0.29) is 18.2 Å². The number of nitrogens with one attached hydrogen (secondary N) is 1. The predicted molar refractivity (Wildman–Crippen MR) is 122 cm³/mol. The number of rotatable bonds is 6.